The molecule has 2 heterocycles. The Labute approximate surface area is 370 Å². The second-order valence-corrected chi connectivity index (χ2v) is 15.5. The van der Waals surface area contributed by atoms with Crippen LogP contribution in [0.2, 0.25) is 0 Å². The molecule has 0 atom stereocenters. The molecule has 0 aliphatic rings. The second-order valence-electron chi connectivity index (χ2n) is 15.5. The van der Waals surface area contributed by atoms with Crippen molar-refractivity contribution < 1.29 is 9.60 Å². The molecule has 0 N–H and O–H groups in total. The zero-order chi connectivity index (χ0) is 47.1. The molecular weight excluding hydrogens is 749 g/mol. The second kappa shape index (κ2) is 14.8. The zero-order valence-corrected chi connectivity index (χ0v) is 33.4. The number of aromatic nitrogens is 2. The molecule has 12 aromatic rings. The smallest absolute Gasteiger partial charge is 0.0645 e. The molecule has 290 valence electrons. The number of hydrogen-bond donors (Lipinski definition) is 0. The van der Waals surface area contributed by atoms with Crippen LogP contribution < -0.4 is 0 Å². The first-order valence-corrected chi connectivity index (χ1v) is 20.8. The topological polar surface area (TPSA) is 9.86 Å². The van der Waals surface area contributed by atoms with Gasteiger partial charge in [0.05, 0.1) is 31.7 Å². The predicted octanol–water partition coefficient (Wildman–Crippen LogP) is 16.2. The van der Waals surface area contributed by atoms with Crippen LogP contribution in [0.1, 0.15) is 9.60 Å². The fourth-order valence-corrected chi connectivity index (χ4v) is 9.08. The molecule has 10 aromatic carbocycles. The number of nitrogens with zero attached hydrogens (tertiary/aromatic N) is 2. The van der Waals surface area contributed by atoms with E-state index in [0.717, 1.165) is 72.0 Å². The van der Waals surface area contributed by atoms with Gasteiger partial charge in [0.2, 0.25) is 0 Å². The predicted molar refractivity (Wildman–Crippen MR) is 262 cm³/mol. The molecule has 2 heteroatoms. The van der Waals surface area contributed by atoms with Gasteiger partial charge in [-0.15, -0.1) is 0 Å². The first-order valence-electron chi connectivity index (χ1n) is 24.3. The maximum absolute atomic E-state index is 9.99. The average molecular weight is 796 g/mol. The third-order valence-corrected chi connectivity index (χ3v) is 12.0. The number of para-hydroxylation sites is 2. The van der Waals surface area contributed by atoms with E-state index in [2.05, 4.69) is 108 Å². The summed E-state index contributed by atoms with van der Waals surface area (Å²) < 4.78 is 69.2. The summed E-state index contributed by atoms with van der Waals surface area (Å²) in [6.07, 6.45) is 0. The van der Waals surface area contributed by atoms with Crippen molar-refractivity contribution in [2.45, 2.75) is 0 Å². The van der Waals surface area contributed by atoms with E-state index in [1.807, 2.05) is 97.1 Å². The van der Waals surface area contributed by atoms with Gasteiger partial charge in [-0.3, -0.25) is 0 Å². The van der Waals surface area contributed by atoms with Crippen LogP contribution in [0.4, 0.5) is 0 Å². The zero-order valence-electron chi connectivity index (χ0n) is 40.4. The molecule has 0 bridgehead atoms. The van der Waals surface area contributed by atoms with Crippen LogP contribution in [0, 0.1) is 0 Å². The van der Waals surface area contributed by atoms with E-state index in [9.17, 15) is 6.85 Å². The Bertz CT molecular complexity index is 3990. The minimum absolute atomic E-state index is 0.0854. The summed E-state index contributed by atoms with van der Waals surface area (Å²) in [6.45, 7) is 0. The maximum atomic E-state index is 9.99. The first kappa shape index (κ1) is 29.1. The third-order valence-electron chi connectivity index (χ3n) is 12.0. The summed E-state index contributed by atoms with van der Waals surface area (Å²) in [5.74, 6) is 0. The molecule has 0 fully saturated rings. The molecule has 0 saturated carbocycles. The lowest BCUT2D eigenvalue weighted by Crippen LogP contribution is -1.96. The van der Waals surface area contributed by atoms with Crippen LogP contribution in [-0.4, -0.2) is 9.13 Å². The molecule has 0 amide bonds. The van der Waals surface area contributed by atoms with Gasteiger partial charge >= 0.3 is 0 Å². The van der Waals surface area contributed by atoms with Gasteiger partial charge in [-0.05, 0) is 105 Å². The molecule has 62 heavy (non-hydrogen) atoms. The van der Waals surface area contributed by atoms with Crippen LogP contribution in [0.5, 0.6) is 0 Å². The molecular formula is C60H40N2. The quantitative estimate of drug-likeness (QED) is 0.152. The lowest BCUT2D eigenvalue weighted by molar-refractivity contribution is 1.18. The number of fused-ring (bicyclic) bond motifs is 6. The normalized spacial score (nSPS) is 13.1. The van der Waals surface area contributed by atoms with Crippen molar-refractivity contribution in [3.05, 3.63) is 242 Å². The molecule has 2 aromatic heterocycles. The highest BCUT2D eigenvalue weighted by Gasteiger charge is 2.20. The van der Waals surface area contributed by atoms with Crippen LogP contribution >= 0.6 is 0 Å². The molecule has 0 radical (unpaired) electrons. The summed E-state index contributed by atoms with van der Waals surface area (Å²) in [5, 5.41) is 2.19. The Balaban J connectivity index is 1.11. The fourth-order valence-electron chi connectivity index (χ4n) is 9.08. The summed E-state index contributed by atoms with van der Waals surface area (Å²) >= 11 is 0. The van der Waals surface area contributed by atoms with E-state index in [1.54, 1.807) is 4.57 Å². The van der Waals surface area contributed by atoms with Crippen molar-refractivity contribution >= 4 is 43.6 Å². The molecule has 12 rings (SSSR count). The summed E-state index contributed by atoms with van der Waals surface area (Å²) in [4.78, 5) is 0. The van der Waals surface area contributed by atoms with Crippen molar-refractivity contribution in [1.29, 1.82) is 0 Å². The fraction of sp³-hybridized carbons (Fsp3) is 0. The van der Waals surface area contributed by atoms with Crippen LogP contribution in [0.25, 0.3) is 111 Å². The summed E-state index contributed by atoms with van der Waals surface area (Å²) in [7, 11) is 0. The molecule has 0 spiro atoms. The molecule has 0 saturated heterocycles. The largest absolute Gasteiger partial charge is 0.309 e. The highest BCUT2D eigenvalue weighted by Crippen LogP contribution is 2.43. The van der Waals surface area contributed by atoms with Gasteiger partial charge in [-0.2, -0.15) is 0 Å². The minimum atomic E-state index is -0.427. The van der Waals surface area contributed by atoms with Crippen molar-refractivity contribution in [2.24, 2.45) is 0 Å². The van der Waals surface area contributed by atoms with Gasteiger partial charge in [0.1, 0.15) is 0 Å². The Morgan fingerprint density at radius 1 is 0.290 bits per heavy atom. The van der Waals surface area contributed by atoms with Crippen molar-refractivity contribution in [3.8, 4) is 67.0 Å². The Morgan fingerprint density at radius 3 is 1.50 bits per heavy atom. The van der Waals surface area contributed by atoms with Gasteiger partial charge in [0.15, 0.2) is 0 Å². The molecule has 2 nitrogen and oxygen atoms in total. The standard InChI is InChI=1S/C60H40N2/c1-4-15-41(16-5-1)43-27-33-48(34-28-43)61-57-26-13-12-23-52(57)55-39-46(31-37-58(55)61)47-32-38-59-56(40-47)54-25-14-24-53(51-22-11-10-21-50(51)45-19-8-3-9-20-45)60(54)62(59)49-35-29-44(30-36-49)42-17-6-2-7-18-42/h1-40H/i12D,13D,23D,26D,31D,37D,39D. The van der Waals surface area contributed by atoms with Crippen molar-refractivity contribution in [2.75, 3.05) is 0 Å². The number of benzene rings is 10. The molecule has 0 aliphatic carbocycles. The van der Waals surface area contributed by atoms with E-state index in [-0.39, 0.29) is 57.6 Å². The van der Waals surface area contributed by atoms with E-state index in [1.165, 1.54) is 0 Å². The van der Waals surface area contributed by atoms with Gasteiger partial charge < -0.3 is 9.13 Å². The lowest BCUT2D eigenvalue weighted by atomic mass is 9.93. The van der Waals surface area contributed by atoms with E-state index in [0.29, 0.717) is 11.3 Å². The molecule has 0 unspecified atom stereocenters. The Hall–Kier alpha value is -8.20. The summed E-state index contributed by atoms with van der Waals surface area (Å²) in [5.41, 5.74) is 13.0. The van der Waals surface area contributed by atoms with Crippen LogP contribution in [-0.2, 0) is 0 Å². The Morgan fingerprint density at radius 2 is 0.823 bits per heavy atom. The number of hydrogen-bond acceptors (Lipinski definition) is 0. The van der Waals surface area contributed by atoms with E-state index in [4.69, 9.17) is 2.74 Å². The maximum Gasteiger partial charge on any atom is 0.0645 e. The highest BCUT2D eigenvalue weighted by molar-refractivity contribution is 6.16. The molecule has 0 aliphatic heterocycles. The van der Waals surface area contributed by atoms with Crippen molar-refractivity contribution in [3.63, 3.8) is 0 Å². The van der Waals surface area contributed by atoms with Crippen LogP contribution in [0.3, 0.4) is 0 Å². The van der Waals surface area contributed by atoms with Gasteiger partial charge in [-0.25, -0.2) is 0 Å². The van der Waals surface area contributed by atoms with E-state index < -0.39 is 12.1 Å². The summed E-state index contributed by atoms with van der Waals surface area (Å²) in [6, 6.07) is 65.6. The first-order chi connectivity index (χ1) is 33.7. The minimum Gasteiger partial charge on any atom is -0.309 e. The third kappa shape index (κ3) is 5.96. The number of rotatable bonds is 7. The SMILES string of the molecule is [2H]c1c([2H])c([2H])c2c(c1[2H])c1c([2H])c(-c3ccc4c(c3)c3cccc(-c5ccccc5-c5ccccc5)c3n4-c3ccc(-c4ccccc4)cc3)c([2H])c([2H])c1n2-c1ccc(-c2ccccc2)cc1. The van der Waals surface area contributed by atoms with Crippen molar-refractivity contribution in [1.82, 2.24) is 9.13 Å². The lowest BCUT2D eigenvalue weighted by Gasteiger charge is -2.15. The van der Waals surface area contributed by atoms with Crippen LogP contribution in [0.15, 0.2) is 242 Å². The monoisotopic (exact) mass is 795 g/mol. The average Bonchev–Trinajstić information content (AvgIpc) is 3.94. The van der Waals surface area contributed by atoms with Gasteiger partial charge in [-0.1, -0.05) is 188 Å². The van der Waals surface area contributed by atoms with E-state index >= 15 is 0 Å². The Kier molecular flexibility index (Phi) is 6.95. The van der Waals surface area contributed by atoms with Gasteiger partial charge in [0.25, 0.3) is 0 Å². The van der Waals surface area contributed by atoms with Gasteiger partial charge in [0, 0.05) is 38.5 Å². The highest BCUT2D eigenvalue weighted by atomic mass is 15.0.